The SMILES string of the molecule is CCCCC1(CC2CCCCC2)N=C(N)N(CC2CCN(C(C)=O)CC2)C1=O. The summed E-state index contributed by atoms with van der Waals surface area (Å²) in [5.74, 6) is 1.70. The lowest BCUT2D eigenvalue weighted by Crippen LogP contribution is -2.48. The number of aliphatic imine (C=N–C) groups is 1. The minimum atomic E-state index is -0.623. The van der Waals surface area contributed by atoms with Gasteiger partial charge in [0, 0.05) is 26.6 Å². The fourth-order valence-electron chi connectivity index (χ4n) is 5.28. The summed E-state index contributed by atoms with van der Waals surface area (Å²) in [6.07, 6.45) is 12.0. The number of hydrogen-bond acceptors (Lipinski definition) is 4. The molecule has 28 heavy (non-hydrogen) atoms. The van der Waals surface area contributed by atoms with Gasteiger partial charge in [0.2, 0.25) is 5.91 Å². The standard InChI is InChI=1S/C22H38N4O2/c1-3-4-12-22(15-18-8-6-5-7-9-18)20(28)26(21(23)24-22)16-19-10-13-25(14-11-19)17(2)27/h18-19H,3-16H2,1-2H3,(H2,23,24). The Labute approximate surface area is 169 Å². The van der Waals surface area contributed by atoms with Crippen molar-refractivity contribution in [3.8, 4) is 0 Å². The lowest BCUT2D eigenvalue weighted by molar-refractivity contribution is -0.134. The molecule has 1 atom stereocenters. The lowest BCUT2D eigenvalue weighted by Gasteiger charge is -2.35. The van der Waals surface area contributed by atoms with Crippen molar-refractivity contribution in [1.29, 1.82) is 0 Å². The largest absolute Gasteiger partial charge is 0.369 e. The first-order valence-corrected chi connectivity index (χ1v) is 11.4. The molecule has 2 heterocycles. The number of piperidine rings is 1. The van der Waals surface area contributed by atoms with Gasteiger partial charge in [0.15, 0.2) is 5.96 Å². The fourth-order valence-corrected chi connectivity index (χ4v) is 5.28. The summed E-state index contributed by atoms with van der Waals surface area (Å²) in [6, 6.07) is 0. The number of amides is 2. The number of hydrogen-bond donors (Lipinski definition) is 1. The first kappa shape index (κ1) is 21.1. The summed E-state index contributed by atoms with van der Waals surface area (Å²) in [5.41, 5.74) is 5.68. The van der Waals surface area contributed by atoms with Gasteiger partial charge in [-0.2, -0.15) is 0 Å². The summed E-state index contributed by atoms with van der Waals surface area (Å²) in [6.45, 7) is 6.01. The maximum absolute atomic E-state index is 13.5. The second-order valence-electron chi connectivity index (χ2n) is 9.18. The number of nitrogens with zero attached hydrogens (tertiary/aromatic N) is 3. The zero-order chi connectivity index (χ0) is 20.1. The third-order valence-electron chi connectivity index (χ3n) is 7.04. The van der Waals surface area contributed by atoms with Gasteiger partial charge in [0.1, 0.15) is 5.54 Å². The van der Waals surface area contributed by atoms with E-state index >= 15 is 0 Å². The molecule has 1 saturated heterocycles. The van der Waals surface area contributed by atoms with Crippen molar-refractivity contribution in [3.63, 3.8) is 0 Å². The number of likely N-dealkylation sites (tertiary alicyclic amines) is 1. The first-order valence-electron chi connectivity index (χ1n) is 11.4. The number of unbranched alkanes of at least 4 members (excludes halogenated alkanes) is 1. The molecule has 3 rings (SSSR count). The third-order valence-corrected chi connectivity index (χ3v) is 7.04. The minimum absolute atomic E-state index is 0.137. The van der Waals surface area contributed by atoms with Crippen LogP contribution in [0.4, 0.5) is 0 Å². The molecule has 6 nitrogen and oxygen atoms in total. The van der Waals surface area contributed by atoms with Gasteiger partial charge in [-0.1, -0.05) is 51.9 Å². The van der Waals surface area contributed by atoms with Gasteiger partial charge in [-0.15, -0.1) is 0 Å². The molecular formula is C22H38N4O2. The molecule has 158 valence electrons. The zero-order valence-corrected chi connectivity index (χ0v) is 17.8. The van der Waals surface area contributed by atoms with Crippen LogP contribution >= 0.6 is 0 Å². The van der Waals surface area contributed by atoms with E-state index in [0.29, 0.717) is 24.3 Å². The van der Waals surface area contributed by atoms with Crippen LogP contribution in [0.25, 0.3) is 0 Å². The number of nitrogens with two attached hydrogens (primary N) is 1. The molecule has 0 aromatic rings. The summed E-state index contributed by atoms with van der Waals surface area (Å²) in [7, 11) is 0. The van der Waals surface area contributed by atoms with E-state index in [9.17, 15) is 9.59 Å². The minimum Gasteiger partial charge on any atom is -0.369 e. The summed E-state index contributed by atoms with van der Waals surface area (Å²) >= 11 is 0. The van der Waals surface area contributed by atoms with Gasteiger partial charge in [-0.05, 0) is 37.5 Å². The predicted molar refractivity (Wildman–Crippen MR) is 112 cm³/mol. The highest BCUT2D eigenvalue weighted by molar-refractivity contribution is 6.06. The summed E-state index contributed by atoms with van der Waals surface area (Å²) in [5, 5.41) is 0. The van der Waals surface area contributed by atoms with E-state index in [1.807, 2.05) is 4.90 Å². The molecule has 1 saturated carbocycles. The van der Waals surface area contributed by atoms with E-state index in [1.54, 1.807) is 11.8 Å². The maximum atomic E-state index is 13.5. The van der Waals surface area contributed by atoms with Crippen LogP contribution in [-0.2, 0) is 9.59 Å². The maximum Gasteiger partial charge on any atom is 0.257 e. The van der Waals surface area contributed by atoms with Crippen LogP contribution in [-0.4, -0.2) is 52.7 Å². The first-order chi connectivity index (χ1) is 13.4. The second-order valence-corrected chi connectivity index (χ2v) is 9.18. The highest BCUT2D eigenvalue weighted by Crippen LogP contribution is 2.39. The van der Waals surface area contributed by atoms with E-state index in [-0.39, 0.29) is 11.8 Å². The predicted octanol–water partition coefficient (Wildman–Crippen LogP) is 3.30. The van der Waals surface area contributed by atoms with Gasteiger partial charge in [0.05, 0.1) is 0 Å². The Balaban J connectivity index is 1.66. The molecule has 0 aromatic heterocycles. The lowest BCUT2D eigenvalue weighted by atomic mass is 9.77. The molecule has 2 amide bonds. The highest BCUT2D eigenvalue weighted by atomic mass is 16.2. The van der Waals surface area contributed by atoms with Crippen molar-refractivity contribution >= 4 is 17.8 Å². The Morgan fingerprint density at radius 2 is 1.82 bits per heavy atom. The number of carbonyl (C=O) groups excluding carboxylic acids is 2. The molecule has 0 radical (unpaired) electrons. The molecule has 1 aliphatic carbocycles. The molecule has 0 spiro atoms. The average Bonchev–Trinajstić information content (AvgIpc) is 2.92. The van der Waals surface area contributed by atoms with Crippen molar-refractivity contribution in [1.82, 2.24) is 9.80 Å². The molecule has 2 N–H and O–H groups in total. The van der Waals surface area contributed by atoms with Crippen molar-refractivity contribution in [2.45, 2.75) is 90.0 Å². The molecule has 3 aliphatic rings. The van der Waals surface area contributed by atoms with E-state index in [4.69, 9.17) is 10.7 Å². The Bertz CT molecular complexity index is 591. The van der Waals surface area contributed by atoms with E-state index in [1.165, 1.54) is 32.1 Å². The van der Waals surface area contributed by atoms with Crippen LogP contribution in [0.1, 0.15) is 84.5 Å². The quantitative estimate of drug-likeness (QED) is 0.724. The van der Waals surface area contributed by atoms with Crippen molar-refractivity contribution in [2.75, 3.05) is 19.6 Å². The summed E-state index contributed by atoms with van der Waals surface area (Å²) < 4.78 is 0. The highest BCUT2D eigenvalue weighted by Gasteiger charge is 2.48. The molecular weight excluding hydrogens is 352 g/mol. The molecule has 1 unspecified atom stereocenters. The van der Waals surface area contributed by atoms with Crippen LogP contribution in [0, 0.1) is 11.8 Å². The van der Waals surface area contributed by atoms with Gasteiger partial charge >= 0.3 is 0 Å². The zero-order valence-electron chi connectivity index (χ0n) is 17.8. The van der Waals surface area contributed by atoms with Crippen molar-refractivity contribution in [2.24, 2.45) is 22.6 Å². The second kappa shape index (κ2) is 9.27. The molecule has 0 aromatic carbocycles. The molecule has 2 fully saturated rings. The molecule has 6 heteroatoms. The Hall–Kier alpha value is -1.59. The third kappa shape index (κ3) is 4.69. The number of carbonyl (C=O) groups is 2. The molecule has 0 bridgehead atoms. The van der Waals surface area contributed by atoms with E-state index in [2.05, 4.69) is 6.92 Å². The Morgan fingerprint density at radius 3 is 2.43 bits per heavy atom. The normalized spacial score (nSPS) is 27.4. The number of rotatable bonds is 7. The van der Waals surface area contributed by atoms with Crippen molar-refractivity contribution in [3.05, 3.63) is 0 Å². The van der Waals surface area contributed by atoms with E-state index < -0.39 is 5.54 Å². The summed E-state index contributed by atoms with van der Waals surface area (Å²) in [4.78, 5) is 33.6. The van der Waals surface area contributed by atoms with Crippen LogP contribution in [0.2, 0.25) is 0 Å². The molecule has 2 aliphatic heterocycles. The van der Waals surface area contributed by atoms with Crippen LogP contribution in [0.3, 0.4) is 0 Å². The van der Waals surface area contributed by atoms with E-state index in [0.717, 1.165) is 51.6 Å². The van der Waals surface area contributed by atoms with Gasteiger partial charge in [-0.25, -0.2) is 4.99 Å². The van der Waals surface area contributed by atoms with Gasteiger partial charge < -0.3 is 10.6 Å². The monoisotopic (exact) mass is 390 g/mol. The fraction of sp³-hybridized carbons (Fsp3) is 0.864. The Morgan fingerprint density at radius 1 is 1.14 bits per heavy atom. The number of guanidine groups is 1. The van der Waals surface area contributed by atoms with Gasteiger partial charge in [-0.3, -0.25) is 14.5 Å². The van der Waals surface area contributed by atoms with Crippen LogP contribution in [0.15, 0.2) is 4.99 Å². The smallest absolute Gasteiger partial charge is 0.257 e. The van der Waals surface area contributed by atoms with Gasteiger partial charge in [0.25, 0.3) is 5.91 Å². The van der Waals surface area contributed by atoms with Crippen molar-refractivity contribution < 1.29 is 9.59 Å². The topological polar surface area (TPSA) is 79.0 Å². The average molecular weight is 391 g/mol. The van der Waals surface area contributed by atoms with Crippen LogP contribution < -0.4 is 5.73 Å². The Kier molecular flexibility index (Phi) is 7.00. The van der Waals surface area contributed by atoms with Crippen LogP contribution in [0.5, 0.6) is 0 Å².